The molecule has 130 valence electrons. The van der Waals surface area contributed by atoms with Crippen LogP contribution in [0.4, 0.5) is 0 Å². The Morgan fingerprint density at radius 2 is 1.56 bits per heavy atom. The van der Waals surface area contributed by atoms with Gasteiger partial charge in [0, 0.05) is 12.1 Å². The summed E-state index contributed by atoms with van der Waals surface area (Å²) in [5, 5.41) is 2.57. The van der Waals surface area contributed by atoms with Crippen molar-refractivity contribution in [3.8, 4) is 0 Å². The normalized spacial score (nSPS) is 9.96. The third-order valence-electron chi connectivity index (χ3n) is 3.55. The Morgan fingerprint density at radius 1 is 0.960 bits per heavy atom. The van der Waals surface area contributed by atoms with Gasteiger partial charge in [-0.3, -0.25) is 14.4 Å². The van der Waals surface area contributed by atoms with Gasteiger partial charge in [-0.15, -0.1) is 0 Å². The summed E-state index contributed by atoms with van der Waals surface area (Å²) in [4.78, 5) is 37.4. The molecular formula is C19H20N2O4. The number of hydrogen-bond donors (Lipinski definition) is 1. The van der Waals surface area contributed by atoms with E-state index >= 15 is 0 Å². The smallest absolute Gasteiger partial charge is 0.325 e. The van der Waals surface area contributed by atoms with Crippen LogP contribution in [-0.4, -0.2) is 42.9 Å². The minimum absolute atomic E-state index is 0.175. The Labute approximate surface area is 146 Å². The number of nitrogens with zero attached hydrogens (tertiary/aromatic N) is 1. The molecule has 6 heteroatoms. The second-order valence-corrected chi connectivity index (χ2v) is 5.36. The van der Waals surface area contributed by atoms with Crippen LogP contribution in [0.15, 0.2) is 60.7 Å². The highest BCUT2D eigenvalue weighted by Gasteiger charge is 2.19. The van der Waals surface area contributed by atoms with Crippen molar-refractivity contribution < 1.29 is 19.1 Å². The highest BCUT2D eigenvalue weighted by Crippen LogP contribution is 2.05. The van der Waals surface area contributed by atoms with Gasteiger partial charge in [0.1, 0.15) is 6.54 Å². The van der Waals surface area contributed by atoms with Crippen molar-refractivity contribution in [3.63, 3.8) is 0 Å². The third kappa shape index (κ3) is 5.76. The van der Waals surface area contributed by atoms with Gasteiger partial charge in [0.05, 0.1) is 13.7 Å². The minimum atomic E-state index is -0.515. The Hall–Kier alpha value is -3.15. The molecule has 6 nitrogen and oxygen atoms in total. The molecule has 0 fully saturated rings. The van der Waals surface area contributed by atoms with Crippen molar-refractivity contribution in [3.05, 3.63) is 71.8 Å². The summed E-state index contributed by atoms with van der Waals surface area (Å²) in [6, 6.07) is 17.9. The molecule has 0 spiro atoms. The highest BCUT2D eigenvalue weighted by atomic mass is 16.5. The average molecular weight is 340 g/mol. The molecular weight excluding hydrogens is 320 g/mol. The molecule has 2 aromatic carbocycles. The van der Waals surface area contributed by atoms with Crippen molar-refractivity contribution >= 4 is 17.8 Å². The predicted octanol–water partition coefficient (Wildman–Crippen LogP) is 1.62. The molecule has 0 aromatic heterocycles. The van der Waals surface area contributed by atoms with E-state index in [1.54, 1.807) is 30.3 Å². The molecule has 0 atom stereocenters. The summed E-state index contributed by atoms with van der Waals surface area (Å²) in [7, 11) is 1.27. The predicted molar refractivity (Wildman–Crippen MR) is 92.7 cm³/mol. The lowest BCUT2D eigenvalue weighted by atomic mass is 10.2. The fraction of sp³-hybridized carbons (Fsp3) is 0.211. The molecule has 0 aliphatic carbocycles. The number of esters is 1. The number of benzene rings is 2. The zero-order valence-corrected chi connectivity index (χ0v) is 14.0. The molecule has 0 aliphatic heterocycles. The fourth-order valence-corrected chi connectivity index (χ4v) is 2.22. The second kappa shape index (κ2) is 9.22. The van der Waals surface area contributed by atoms with Crippen molar-refractivity contribution in [1.82, 2.24) is 10.2 Å². The Balaban J connectivity index is 1.99. The maximum Gasteiger partial charge on any atom is 0.325 e. The number of hydrogen-bond acceptors (Lipinski definition) is 4. The summed E-state index contributed by atoms with van der Waals surface area (Å²) >= 11 is 0. The van der Waals surface area contributed by atoms with Crippen molar-refractivity contribution in [1.29, 1.82) is 0 Å². The maximum absolute atomic E-state index is 12.4. The molecule has 2 amide bonds. The molecule has 25 heavy (non-hydrogen) atoms. The molecule has 0 unspecified atom stereocenters. The number of amides is 2. The van der Waals surface area contributed by atoms with Gasteiger partial charge in [0.25, 0.3) is 5.91 Å². The summed E-state index contributed by atoms with van der Waals surface area (Å²) < 4.78 is 4.64. The van der Waals surface area contributed by atoms with Crippen LogP contribution >= 0.6 is 0 Å². The largest absolute Gasteiger partial charge is 0.468 e. The van der Waals surface area contributed by atoms with Gasteiger partial charge in [-0.1, -0.05) is 48.5 Å². The van der Waals surface area contributed by atoms with E-state index in [1.807, 2.05) is 30.3 Å². The van der Waals surface area contributed by atoms with Crippen LogP contribution in [0.25, 0.3) is 0 Å². The van der Waals surface area contributed by atoms with Crippen molar-refractivity contribution in [2.75, 3.05) is 20.2 Å². The van der Waals surface area contributed by atoms with Gasteiger partial charge in [0.15, 0.2) is 0 Å². The molecule has 0 aliphatic rings. The first-order chi connectivity index (χ1) is 12.1. The summed E-state index contributed by atoms with van der Waals surface area (Å²) in [6.07, 6.45) is 0. The lowest BCUT2D eigenvalue weighted by Crippen LogP contribution is -2.42. The number of ether oxygens (including phenoxy) is 1. The molecule has 0 bridgehead atoms. The zero-order valence-electron chi connectivity index (χ0n) is 14.0. The molecule has 1 N–H and O–H groups in total. The quantitative estimate of drug-likeness (QED) is 0.777. The van der Waals surface area contributed by atoms with E-state index in [0.717, 1.165) is 5.56 Å². The standard InChI is InChI=1S/C19H20N2O4/c1-25-18(23)14-21(13-15-8-4-2-5-9-15)17(22)12-20-19(24)16-10-6-3-7-11-16/h2-11H,12-14H2,1H3,(H,20,24). The molecule has 0 radical (unpaired) electrons. The average Bonchev–Trinajstić information content (AvgIpc) is 2.66. The molecule has 0 saturated heterocycles. The number of nitrogens with one attached hydrogen (secondary N) is 1. The van der Waals surface area contributed by atoms with Crippen LogP contribution in [0.5, 0.6) is 0 Å². The van der Waals surface area contributed by atoms with Crippen LogP contribution in [0.2, 0.25) is 0 Å². The van der Waals surface area contributed by atoms with Gasteiger partial charge in [-0.2, -0.15) is 0 Å². The van der Waals surface area contributed by atoms with Crippen LogP contribution in [0.1, 0.15) is 15.9 Å². The van der Waals surface area contributed by atoms with E-state index in [0.29, 0.717) is 5.56 Å². The fourth-order valence-electron chi connectivity index (χ4n) is 2.22. The summed E-state index contributed by atoms with van der Waals surface area (Å²) in [5.41, 5.74) is 1.35. The summed E-state index contributed by atoms with van der Waals surface area (Å²) in [6.45, 7) is -0.112. The van der Waals surface area contributed by atoms with E-state index < -0.39 is 5.97 Å². The van der Waals surface area contributed by atoms with Gasteiger partial charge in [-0.25, -0.2) is 0 Å². The van der Waals surface area contributed by atoms with Crippen molar-refractivity contribution in [2.45, 2.75) is 6.54 Å². The maximum atomic E-state index is 12.4. The van der Waals surface area contributed by atoms with E-state index in [-0.39, 0.29) is 31.4 Å². The van der Waals surface area contributed by atoms with Crippen molar-refractivity contribution in [2.24, 2.45) is 0 Å². The minimum Gasteiger partial charge on any atom is -0.468 e. The Kier molecular flexibility index (Phi) is 6.71. The van der Waals surface area contributed by atoms with Crippen LogP contribution < -0.4 is 5.32 Å². The van der Waals surface area contributed by atoms with Crippen LogP contribution in [-0.2, 0) is 20.9 Å². The number of rotatable bonds is 7. The van der Waals surface area contributed by atoms with Crippen LogP contribution in [0.3, 0.4) is 0 Å². The van der Waals surface area contributed by atoms with E-state index in [2.05, 4.69) is 10.1 Å². The van der Waals surface area contributed by atoms with Gasteiger partial charge in [-0.05, 0) is 17.7 Å². The zero-order chi connectivity index (χ0) is 18.1. The van der Waals surface area contributed by atoms with Gasteiger partial charge in [0.2, 0.25) is 5.91 Å². The first-order valence-corrected chi connectivity index (χ1v) is 7.82. The third-order valence-corrected chi connectivity index (χ3v) is 3.55. The lowest BCUT2D eigenvalue weighted by Gasteiger charge is -2.22. The molecule has 0 saturated carbocycles. The van der Waals surface area contributed by atoms with E-state index in [4.69, 9.17) is 0 Å². The monoisotopic (exact) mass is 340 g/mol. The Bertz CT molecular complexity index is 717. The number of carbonyl (C=O) groups is 3. The molecule has 2 aromatic rings. The second-order valence-electron chi connectivity index (χ2n) is 5.36. The number of carbonyl (C=O) groups excluding carboxylic acids is 3. The SMILES string of the molecule is COC(=O)CN(Cc1ccccc1)C(=O)CNC(=O)c1ccccc1. The first kappa shape index (κ1) is 18.2. The van der Waals surface area contributed by atoms with E-state index in [1.165, 1.54) is 12.0 Å². The Morgan fingerprint density at radius 3 is 2.16 bits per heavy atom. The lowest BCUT2D eigenvalue weighted by molar-refractivity contribution is -0.147. The molecule has 2 rings (SSSR count). The van der Waals surface area contributed by atoms with Crippen LogP contribution in [0, 0.1) is 0 Å². The molecule has 0 heterocycles. The number of methoxy groups -OCH3 is 1. The van der Waals surface area contributed by atoms with Gasteiger partial charge >= 0.3 is 5.97 Å². The topological polar surface area (TPSA) is 75.7 Å². The first-order valence-electron chi connectivity index (χ1n) is 7.82. The van der Waals surface area contributed by atoms with Gasteiger partial charge < -0.3 is 15.0 Å². The highest BCUT2D eigenvalue weighted by molar-refractivity contribution is 5.96. The van der Waals surface area contributed by atoms with E-state index in [9.17, 15) is 14.4 Å². The summed E-state index contributed by atoms with van der Waals surface area (Å²) in [5.74, 6) is -1.22.